The maximum Gasteiger partial charge on any atom is 0.322 e. The predicted octanol–water partition coefficient (Wildman–Crippen LogP) is 3.86. The summed E-state index contributed by atoms with van der Waals surface area (Å²) in [5, 5.41) is 3.01. The molecule has 4 rings (SSSR count). The number of ether oxygens (including phenoxy) is 2. The molecule has 7 nitrogen and oxygen atoms in total. The van der Waals surface area contributed by atoms with Crippen LogP contribution in [0.2, 0.25) is 0 Å². The van der Waals surface area contributed by atoms with Crippen LogP contribution in [0, 0.1) is 0 Å². The Morgan fingerprint density at radius 1 is 1.03 bits per heavy atom. The highest BCUT2D eigenvalue weighted by Gasteiger charge is 2.42. The van der Waals surface area contributed by atoms with Gasteiger partial charge in [0.2, 0.25) is 0 Å². The van der Waals surface area contributed by atoms with Gasteiger partial charge in [0.25, 0.3) is 5.91 Å². The van der Waals surface area contributed by atoms with Crippen molar-refractivity contribution in [1.29, 1.82) is 0 Å². The first kappa shape index (κ1) is 22.7. The van der Waals surface area contributed by atoms with E-state index in [1.807, 2.05) is 35.2 Å². The molecular formula is C26H31N3O4. The van der Waals surface area contributed by atoms with Crippen molar-refractivity contribution in [2.24, 2.45) is 0 Å². The van der Waals surface area contributed by atoms with Crippen molar-refractivity contribution in [3.63, 3.8) is 0 Å². The number of nitrogens with one attached hydrogen (secondary N) is 1. The lowest BCUT2D eigenvalue weighted by atomic mass is 9.93. The molecule has 0 bridgehead atoms. The third kappa shape index (κ3) is 4.27. The van der Waals surface area contributed by atoms with Gasteiger partial charge < -0.3 is 19.7 Å². The van der Waals surface area contributed by atoms with Gasteiger partial charge in [0.1, 0.15) is 0 Å². The fourth-order valence-electron chi connectivity index (χ4n) is 4.43. The molecule has 2 aliphatic heterocycles. The van der Waals surface area contributed by atoms with Crippen molar-refractivity contribution in [2.75, 3.05) is 34.4 Å². The van der Waals surface area contributed by atoms with Gasteiger partial charge in [-0.05, 0) is 41.2 Å². The van der Waals surface area contributed by atoms with E-state index in [2.05, 4.69) is 31.3 Å². The van der Waals surface area contributed by atoms with Crippen LogP contribution < -0.4 is 14.8 Å². The summed E-state index contributed by atoms with van der Waals surface area (Å²) >= 11 is 0. The molecule has 174 valence electrons. The molecule has 0 radical (unpaired) electrons. The lowest BCUT2D eigenvalue weighted by Crippen LogP contribution is -2.45. The number of methoxy groups -OCH3 is 2. The van der Waals surface area contributed by atoms with Gasteiger partial charge in [-0.25, -0.2) is 4.79 Å². The molecule has 0 fully saturated rings. The first-order chi connectivity index (χ1) is 15.8. The monoisotopic (exact) mass is 449 g/mol. The van der Waals surface area contributed by atoms with Crippen molar-refractivity contribution in [1.82, 2.24) is 15.1 Å². The highest BCUT2D eigenvalue weighted by atomic mass is 16.5. The third-order valence-electron chi connectivity index (χ3n) is 6.49. The van der Waals surface area contributed by atoms with E-state index >= 15 is 0 Å². The van der Waals surface area contributed by atoms with Crippen molar-refractivity contribution in [3.8, 4) is 11.5 Å². The number of hydrogen-bond donors (Lipinski definition) is 1. The molecule has 3 amide bonds. The average molecular weight is 450 g/mol. The highest BCUT2D eigenvalue weighted by Crippen LogP contribution is 2.36. The molecular weight excluding hydrogens is 418 g/mol. The average Bonchev–Trinajstić information content (AvgIpc) is 3.16. The largest absolute Gasteiger partial charge is 0.493 e. The molecule has 1 unspecified atom stereocenters. The molecule has 0 saturated heterocycles. The molecule has 2 heterocycles. The van der Waals surface area contributed by atoms with Crippen LogP contribution >= 0.6 is 0 Å². The van der Waals surface area contributed by atoms with E-state index in [1.54, 1.807) is 26.2 Å². The zero-order chi connectivity index (χ0) is 23.7. The topological polar surface area (TPSA) is 71.1 Å². The summed E-state index contributed by atoms with van der Waals surface area (Å²) in [6.45, 7) is 5.25. The second kappa shape index (κ2) is 9.17. The number of benzene rings is 2. The van der Waals surface area contributed by atoms with E-state index in [1.165, 1.54) is 5.56 Å². The van der Waals surface area contributed by atoms with Crippen LogP contribution in [0.15, 0.2) is 53.7 Å². The van der Waals surface area contributed by atoms with Gasteiger partial charge in [-0.2, -0.15) is 0 Å². The van der Waals surface area contributed by atoms with Crippen molar-refractivity contribution in [3.05, 3.63) is 70.4 Å². The summed E-state index contributed by atoms with van der Waals surface area (Å²) < 4.78 is 10.7. The SMILES string of the molecule is COc1ccc(CCN2CC3=C(C2=O)C(c2ccc(C(C)C)cc2)NC(=O)N3C)cc1OC. The molecule has 1 N–H and O–H groups in total. The Morgan fingerprint density at radius 3 is 2.36 bits per heavy atom. The van der Waals surface area contributed by atoms with E-state index in [0.29, 0.717) is 42.5 Å². The van der Waals surface area contributed by atoms with E-state index in [4.69, 9.17) is 9.47 Å². The zero-order valence-corrected chi connectivity index (χ0v) is 19.8. The fraction of sp³-hybridized carbons (Fsp3) is 0.385. The highest BCUT2D eigenvalue weighted by molar-refractivity contribution is 6.01. The van der Waals surface area contributed by atoms with Crippen LogP contribution in [0.3, 0.4) is 0 Å². The van der Waals surface area contributed by atoms with Gasteiger partial charge in [-0.15, -0.1) is 0 Å². The summed E-state index contributed by atoms with van der Waals surface area (Å²) in [5.74, 6) is 1.73. The number of hydrogen-bond acceptors (Lipinski definition) is 4. The summed E-state index contributed by atoms with van der Waals surface area (Å²) in [5.41, 5.74) is 4.62. The molecule has 0 saturated carbocycles. The molecule has 7 heteroatoms. The third-order valence-corrected chi connectivity index (χ3v) is 6.49. The first-order valence-corrected chi connectivity index (χ1v) is 11.2. The lowest BCUT2D eigenvalue weighted by Gasteiger charge is -2.31. The minimum atomic E-state index is -0.441. The van der Waals surface area contributed by atoms with Crippen molar-refractivity contribution >= 4 is 11.9 Å². The van der Waals surface area contributed by atoms with Gasteiger partial charge in [0.05, 0.1) is 38.1 Å². The van der Waals surface area contributed by atoms with Crippen molar-refractivity contribution in [2.45, 2.75) is 32.2 Å². The Morgan fingerprint density at radius 2 is 1.73 bits per heavy atom. The van der Waals surface area contributed by atoms with Gasteiger partial charge in [-0.1, -0.05) is 44.2 Å². The Balaban J connectivity index is 1.54. The fourth-order valence-corrected chi connectivity index (χ4v) is 4.43. The zero-order valence-electron chi connectivity index (χ0n) is 19.8. The number of amides is 3. The molecule has 2 aliphatic rings. The van der Waals surface area contributed by atoms with Crippen LogP contribution in [0.25, 0.3) is 0 Å². The Bertz CT molecular complexity index is 1090. The molecule has 0 spiro atoms. The van der Waals surface area contributed by atoms with Crippen LogP contribution in [0.1, 0.15) is 42.5 Å². The quantitative estimate of drug-likeness (QED) is 0.697. The predicted molar refractivity (Wildman–Crippen MR) is 126 cm³/mol. The minimum Gasteiger partial charge on any atom is -0.493 e. The van der Waals surface area contributed by atoms with E-state index in [9.17, 15) is 9.59 Å². The summed E-state index contributed by atoms with van der Waals surface area (Å²) in [6.07, 6.45) is 0.672. The first-order valence-electron chi connectivity index (χ1n) is 11.2. The molecule has 0 aromatic heterocycles. The number of carbonyl (C=O) groups is 2. The number of likely N-dealkylation sites (N-methyl/N-ethyl adjacent to an activating group) is 1. The maximum atomic E-state index is 13.4. The van der Waals surface area contributed by atoms with Gasteiger partial charge in [-0.3, -0.25) is 9.69 Å². The molecule has 2 aromatic carbocycles. The van der Waals surface area contributed by atoms with Gasteiger partial charge >= 0.3 is 6.03 Å². The smallest absolute Gasteiger partial charge is 0.322 e. The van der Waals surface area contributed by atoms with Gasteiger partial charge in [0.15, 0.2) is 11.5 Å². The molecule has 0 aliphatic carbocycles. The summed E-state index contributed by atoms with van der Waals surface area (Å²) in [7, 11) is 4.93. The standard InChI is InChI=1S/C26H31N3O4/c1-16(2)18-7-9-19(10-8-18)24-23-20(28(3)26(31)27-24)15-29(25(23)30)13-12-17-6-11-21(32-4)22(14-17)33-5/h6-11,14,16,24H,12-13,15H2,1-5H3,(H,27,31). The molecule has 1 atom stereocenters. The number of carbonyl (C=O) groups excluding carboxylic acids is 2. The second-order valence-corrected chi connectivity index (χ2v) is 8.79. The van der Waals surface area contributed by atoms with Crippen LogP contribution in [0.5, 0.6) is 11.5 Å². The summed E-state index contributed by atoms with van der Waals surface area (Å²) in [6, 6.07) is 13.3. The Labute approximate surface area is 195 Å². The minimum absolute atomic E-state index is 0.0322. The van der Waals surface area contributed by atoms with Crippen LogP contribution in [-0.4, -0.2) is 56.1 Å². The van der Waals surface area contributed by atoms with Crippen LogP contribution in [0.4, 0.5) is 4.79 Å². The second-order valence-electron chi connectivity index (χ2n) is 8.79. The molecule has 2 aromatic rings. The van der Waals surface area contributed by atoms with Gasteiger partial charge in [0, 0.05) is 13.6 Å². The van der Waals surface area contributed by atoms with E-state index in [0.717, 1.165) is 16.8 Å². The van der Waals surface area contributed by atoms with Crippen molar-refractivity contribution < 1.29 is 19.1 Å². The van der Waals surface area contributed by atoms with E-state index < -0.39 is 6.04 Å². The normalized spacial score (nSPS) is 18.1. The number of urea groups is 1. The maximum absolute atomic E-state index is 13.4. The lowest BCUT2D eigenvalue weighted by molar-refractivity contribution is -0.125. The summed E-state index contributed by atoms with van der Waals surface area (Å²) in [4.78, 5) is 29.5. The molecule has 33 heavy (non-hydrogen) atoms. The Kier molecular flexibility index (Phi) is 6.31. The number of rotatable bonds is 7. The van der Waals surface area contributed by atoms with Crippen LogP contribution in [-0.2, 0) is 11.2 Å². The van der Waals surface area contributed by atoms with E-state index in [-0.39, 0.29) is 11.9 Å². The number of nitrogens with zero attached hydrogens (tertiary/aromatic N) is 2. The Hall–Kier alpha value is -3.48.